The van der Waals surface area contributed by atoms with Gasteiger partial charge in [0.2, 0.25) is 0 Å². The van der Waals surface area contributed by atoms with Crippen LogP contribution in [0.3, 0.4) is 0 Å². The molecular weight excluding hydrogens is 311 g/mol. The summed E-state index contributed by atoms with van der Waals surface area (Å²) in [5.41, 5.74) is 0.0180. The van der Waals surface area contributed by atoms with Gasteiger partial charge in [-0.05, 0) is 6.07 Å². The predicted octanol–water partition coefficient (Wildman–Crippen LogP) is 2.19. The Hall–Kier alpha value is -1.57. The van der Waals surface area contributed by atoms with Gasteiger partial charge in [0.25, 0.3) is 5.69 Å². The quantitative estimate of drug-likeness (QED) is 0.677. The smallest absolute Gasteiger partial charge is 0.334 e. The molecule has 1 heterocycles. The number of nitrogens with zero attached hydrogens (tertiary/aromatic N) is 2. The van der Waals surface area contributed by atoms with Gasteiger partial charge in [0.15, 0.2) is 6.10 Å². The number of carboxylic acid groups (broad SMARTS) is 1. The number of anilines is 1. The Kier molecular flexibility index (Phi) is 4.32. The standard InChI is InChI=1S/C11H10Cl2N2O5/c12-6-3-8(9(15(18)19)4-7(6)13)14-1-2-20-10(5-14)11(16)17/h3-4,10H,1-2,5H2,(H,16,17). The molecule has 1 saturated heterocycles. The fourth-order valence-electron chi connectivity index (χ4n) is 1.94. The van der Waals surface area contributed by atoms with Gasteiger partial charge in [0.1, 0.15) is 5.69 Å². The van der Waals surface area contributed by atoms with Crippen LogP contribution in [0.25, 0.3) is 0 Å². The van der Waals surface area contributed by atoms with E-state index in [9.17, 15) is 14.9 Å². The van der Waals surface area contributed by atoms with Gasteiger partial charge in [-0.15, -0.1) is 0 Å². The molecule has 0 amide bonds. The van der Waals surface area contributed by atoms with Crippen LogP contribution in [0.5, 0.6) is 0 Å². The van der Waals surface area contributed by atoms with E-state index in [1.54, 1.807) is 4.90 Å². The first kappa shape index (κ1) is 14.8. The maximum Gasteiger partial charge on any atom is 0.334 e. The highest BCUT2D eigenvalue weighted by Crippen LogP contribution is 2.36. The van der Waals surface area contributed by atoms with Crippen molar-refractivity contribution in [3.63, 3.8) is 0 Å². The molecule has 0 saturated carbocycles. The zero-order chi connectivity index (χ0) is 14.9. The van der Waals surface area contributed by atoms with E-state index in [2.05, 4.69) is 0 Å². The maximum atomic E-state index is 11.1. The SMILES string of the molecule is O=C(O)C1CN(c2cc(Cl)c(Cl)cc2[N+](=O)[O-])CCO1. The lowest BCUT2D eigenvalue weighted by Gasteiger charge is -2.32. The average Bonchev–Trinajstić information content (AvgIpc) is 2.41. The summed E-state index contributed by atoms with van der Waals surface area (Å²) in [6.45, 7) is 0.505. The second-order valence-electron chi connectivity index (χ2n) is 4.16. The van der Waals surface area contributed by atoms with E-state index in [1.807, 2.05) is 0 Å². The predicted molar refractivity (Wildman–Crippen MR) is 72.7 cm³/mol. The molecule has 2 rings (SSSR count). The molecule has 1 aromatic carbocycles. The summed E-state index contributed by atoms with van der Waals surface area (Å²) in [6.07, 6.45) is -1.03. The topological polar surface area (TPSA) is 92.9 Å². The molecule has 0 aliphatic carbocycles. The Balaban J connectivity index is 2.38. The summed E-state index contributed by atoms with van der Waals surface area (Å²) in [7, 11) is 0. The van der Waals surface area contributed by atoms with Gasteiger partial charge in [-0.2, -0.15) is 0 Å². The molecule has 9 heteroatoms. The van der Waals surface area contributed by atoms with Crippen molar-refractivity contribution in [3.8, 4) is 0 Å². The first-order valence-corrected chi connectivity index (χ1v) is 6.38. The number of ether oxygens (including phenoxy) is 1. The zero-order valence-corrected chi connectivity index (χ0v) is 11.6. The van der Waals surface area contributed by atoms with Crippen LogP contribution in [0.4, 0.5) is 11.4 Å². The van der Waals surface area contributed by atoms with Gasteiger partial charge in [-0.25, -0.2) is 4.79 Å². The number of nitro groups is 1. The van der Waals surface area contributed by atoms with Crippen LogP contribution in [0.1, 0.15) is 0 Å². The second kappa shape index (κ2) is 5.82. The Morgan fingerprint density at radius 3 is 2.70 bits per heavy atom. The minimum Gasteiger partial charge on any atom is -0.479 e. The minimum atomic E-state index is -1.11. The van der Waals surface area contributed by atoms with Crippen LogP contribution in [-0.2, 0) is 9.53 Å². The molecule has 1 atom stereocenters. The normalized spacial score (nSPS) is 18.9. The van der Waals surface area contributed by atoms with Gasteiger partial charge in [0, 0.05) is 12.6 Å². The van der Waals surface area contributed by atoms with Crippen LogP contribution < -0.4 is 4.90 Å². The number of morpholine rings is 1. The molecule has 1 aliphatic rings. The van der Waals surface area contributed by atoms with Gasteiger partial charge in [-0.1, -0.05) is 23.2 Å². The Labute approximate surface area is 123 Å². The summed E-state index contributed by atoms with van der Waals surface area (Å²) < 4.78 is 5.08. The summed E-state index contributed by atoms with van der Waals surface area (Å²) in [5, 5.41) is 20.3. The number of halogens is 2. The van der Waals surface area contributed by atoms with Gasteiger partial charge in [0.05, 0.1) is 28.1 Å². The molecule has 1 N–H and O–H groups in total. The molecule has 108 valence electrons. The molecule has 1 unspecified atom stereocenters. The number of hydrogen-bond acceptors (Lipinski definition) is 5. The second-order valence-corrected chi connectivity index (χ2v) is 4.97. The van der Waals surface area contributed by atoms with E-state index < -0.39 is 17.0 Å². The lowest BCUT2D eigenvalue weighted by Crippen LogP contribution is -2.46. The lowest BCUT2D eigenvalue weighted by atomic mass is 10.2. The van der Waals surface area contributed by atoms with E-state index >= 15 is 0 Å². The Morgan fingerprint density at radius 1 is 1.45 bits per heavy atom. The summed E-state index contributed by atoms with van der Waals surface area (Å²) in [4.78, 5) is 23.0. The summed E-state index contributed by atoms with van der Waals surface area (Å²) >= 11 is 11.7. The largest absolute Gasteiger partial charge is 0.479 e. The fourth-order valence-corrected chi connectivity index (χ4v) is 2.26. The molecule has 1 aliphatic heterocycles. The van der Waals surface area contributed by atoms with Crippen molar-refractivity contribution < 1.29 is 19.6 Å². The van der Waals surface area contributed by atoms with Crippen molar-refractivity contribution in [3.05, 3.63) is 32.3 Å². The van der Waals surface area contributed by atoms with Gasteiger partial charge < -0.3 is 14.7 Å². The van der Waals surface area contributed by atoms with Crippen LogP contribution in [0, 0.1) is 10.1 Å². The first-order chi connectivity index (χ1) is 9.40. The lowest BCUT2D eigenvalue weighted by molar-refractivity contribution is -0.384. The van der Waals surface area contributed by atoms with E-state index in [0.717, 1.165) is 6.07 Å². The van der Waals surface area contributed by atoms with Crippen LogP contribution in [-0.4, -0.2) is 41.8 Å². The fraction of sp³-hybridized carbons (Fsp3) is 0.364. The maximum absolute atomic E-state index is 11.1. The molecule has 0 spiro atoms. The number of rotatable bonds is 3. The summed E-state index contributed by atoms with van der Waals surface area (Å²) in [6, 6.07) is 2.52. The van der Waals surface area contributed by atoms with Gasteiger partial charge in [-0.3, -0.25) is 10.1 Å². The number of hydrogen-bond donors (Lipinski definition) is 1. The number of carbonyl (C=O) groups is 1. The number of aliphatic carboxylic acids is 1. The monoisotopic (exact) mass is 320 g/mol. The molecule has 1 aromatic rings. The highest BCUT2D eigenvalue weighted by Gasteiger charge is 2.30. The van der Waals surface area contributed by atoms with E-state index in [0.29, 0.717) is 6.54 Å². The number of nitro benzene ring substituents is 1. The molecule has 0 bridgehead atoms. The first-order valence-electron chi connectivity index (χ1n) is 5.63. The Bertz CT molecular complexity index is 566. The van der Waals surface area contributed by atoms with Crippen molar-refractivity contribution in [2.24, 2.45) is 0 Å². The zero-order valence-electron chi connectivity index (χ0n) is 10.1. The van der Waals surface area contributed by atoms with Crippen molar-refractivity contribution in [1.29, 1.82) is 0 Å². The minimum absolute atomic E-state index is 0.00807. The molecule has 20 heavy (non-hydrogen) atoms. The van der Waals surface area contributed by atoms with E-state index in [4.69, 9.17) is 33.0 Å². The number of carboxylic acids is 1. The third kappa shape index (κ3) is 2.95. The van der Waals surface area contributed by atoms with Crippen molar-refractivity contribution in [2.75, 3.05) is 24.6 Å². The highest BCUT2D eigenvalue weighted by atomic mass is 35.5. The van der Waals surface area contributed by atoms with Crippen molar-refractivity contribution >= 4 is 40.5 Å². The van der Waals surface area contributed by atoms with E-state index in [-0.39, 0.29) is 34.6 Å². The molecule has 0 radical (unpaired) electrons. The average molecular weight is 321 g/mol. The van der Waals surface area contributed by atoms with Crippen LogP contribution in [0.15, 0.2) is 12.1 Å². The van der Waals surface area contributed by atoms with Crippen molar-refractivity contribution in [2.45, 2.75) is 6.10 Å². The molecule has 0 aromatic heterocycles. The van der Waals surface area contributed by atoms with Crippen LogP contribution in [0.2, 0.25) is 10.0 Å². The van der Waals surface area contributed by atoms with Crippen LogP contribution >= 0.6 is 23.2 Å². The third-order valence-corrected chi connectivity index (χ3v) is 3.62. The molecule has 7 nitrogen and oxygen atoms in total. The molecule has 1 fully saturated rings. The third-order valence-electron chi connectivity index (χ3n) is 2.90. The van der Waals surface area contributed by atoms with Gasteiger partial charge >= 0.3 is 5.97 Å². The molecular formula is C11H10Cl2N2O5. The van der Waals surface area contributed by atoms with E-state index in [1.165, 1.54) is 6.07 Å². The number of benzene rings is 1. The summed E-state index contributed by atoms with van der Waals surface area (Å²) in [5.74, 6) is -1.11. The Morgan fingerprint density at radius 2 is 2.10 bits per heavy atom. The van der Waals surface area contributed by atoms with Crippen molar-refractivity contribution in [1.82, 2.24) is 0 Å². The highest BCUT2D eigenvalue weighted by molar-refractivity contribution is 6.42.